The molecule has 1 aliphatic heterocycles. The van der Waals surface area contributed by atoms with E-state index in [1.165, 1.54) is 0 Å². The van der Waals surface area contributed by atoms with Crippen LogP contribution in [-0.4, -0.2) is 59.8 Å². The molecule has 168 valence electrons. The van der Waals surface area contributed by atoms with Crippen molar-refractivity contribution < 1.29 is 9.53 Å². The fraction of sp³-hybridized carbons (Fsp3) is 0.375. The minimum atomic E-state index is -0.151. The predicted octanol–water partition coefficient (Wildman–Crippen LogP) is 2.75. The number of ether oxygens (including phenoxy) is 1. The molecule has 0 spiro atoms. The van der Waals surface area contributed by atoms with Crippen LogP contribution in [-0.2, 0) is 17.7 Å². The third kappa shape index (κ3) is 5.51. The lowest BCUT2D eigenvalue weighted by Crippen LogP contribution is -2.38. The van der Waals surface area contributed by atoms with E-state index in [4.69, 9.17) is 17.0 Å². The van der Waals surface area contributed by atoms with Crippen molar-refractivity contribution in [2.24, 2.45) is 0 Å². The number of amides is 1. The zero-order chi connectivity index (χ0) is 22.3. The van der Waals surface area contributed by atoms with Gasteiger partial charge in [-0.2, -0.15) is 0 Å². The van der Waals surface area contributed by atoms with Crippen molar-refractivity contribution in [3.63, 3.8) is 0 Å². The SMILES string of the molecule is O=C(NCCCN1CCOCC1)c1ccc2c(=O)n(CCc3ccccc3)c(=S)[nH]c2c1. The minimum Gasteiger partial charge on any atom is -0.379 e. The summed E-state index contributed by atoms with van der Waals surface area (Å²) in [4.78, 5) is 31.0. The van der Waals surface area contributed by atoms with Crippen LogP contribution in [0.4, 0.5) is 0 Å². The largest absolute Gasteiger partial charge is 0.379 e. The fourth-order valence-corrected chi connectivity index (χ4v) is 4.20. The summed E-state index contributed by atoms with van der Waals surface area (Å²) < 4.78 is 7.29. The number of nitrogens with zero attached hydrogens (tertiary/aromatic N) is 2. The van der Waals surface area contributed by atoms with Gasteiger partial charge in [-0.25, -0.2) is 0 Å². The fourth-order valence-electron chi connectivity index (χ4n) is 3.92. The Morgan fingerprint density at radius 3 is 2.66 bits per heavy atom. The highest BCUT2D eigenvalue weighted by Gasteiger charge is 2.12. The number of carbonyl (C=O) groups excluding carboxylic acids is 1. The Balaban J connectivity index is 1.40. The normalized spacial score (nSPS) is 14.5. The van der Waals surface area contributed by atoms with Gasteiger partial charge in [0.15, 0.2) is 4.77 Å². The predicted molar refractivity (Wildman–Crippen MR) is 128 cm³/mol. The number of carbonyl (C=O) groups is 1. The van der Waals surface area contributed by atoms with Gasteiger partial charge >= 0.3 is 0 Å². The first kappa shape index (κ1) is 22.4. The van der Waals surface area contributed by atoms with Gasteiger partial charge in [0.05, 0.1) is 24.1 Å². The van der Waals surface area contributed by atoms with Gasteiger partial charge in [-0.3, -0.25) is 19.1 Å². The summed E-state index contributed by atoms with van der Waals surface area (Å²) in [6, 6.07) is 15.1. The number of aromatic nitrogens is 2. The number of morpholine rings is 1. The first-order chi connectivity index (χ1) is 15.6. The van der Waals surface area contributed by atoms with Crippen molar-refractivity contribution in [1.29, 1.82) is 0 Å². The van der Waals surface area contributed by atoms with E-state index in [2.05, 4.69) is 15.2 Å². The molecule has 0 radical (unpaired) electrons. The van der Waals surface area contributed by atoms with E-state index in [1.54, 1.807) is 22.8 Å². The maximum atomic E-state index is 13.0. The van der Waals surface area contributed by atoms with Crippen molar-refractivity contribution in [2.45, 2.75) is 19.4 Å². The Bertz CT molecular complexity index is 1180. The smallest absolute Gasteiger partial charge is 0.262 e. The van der Waals surface area contributed by atoms with Gasteiger partial charge in [0.1, 0.15) is 0 Å². The van der Waals surface area contributed by atoms with Crippen LogP contribution in [0.2, 0.25) is 0 Å². The number of fused-ring (bicyclic) bond motifs is 1. The molecule has 7 nitrogen and oxygen atoms in total. The number of benzene rings is 2. The van der Waals surface area contributed by atoms with E-state index in [9.17, 15) is 9.59 Å². The Kier molecular flexibility index (Phi) is 7.47. The number of hydrogen-bond donors (Lipinski definition) is 2. The first-order valence-corrected chi connectivity index (χ1v) is 11.4. The molecule has 0 bridgehead atoms. The second kappa shape index (κ2) is 10.7. The molecule has 2 N–H and O–H groups in total. The Labute approximate surface area is 192 Å². The van der Waals surface area contributed by atoms with E-state index in [1.807, 2.05) is 30.3 Å². The van der Waals surface area contributed by atoms with Gasteiger partial charge in [0.2, 0.25) is 0 Å². The topological polar surface area (TPSA) is 79.4 Å². The van der Waals surface area contributed by atoms with E-state index in [0.29, 0.717) is 40.7 Å². The highest BCUT2D eigenvalue weighted by atomic mass is 32.1. The lowest BCUT2D eigenvalue weighted by atomic mass is 10.1. The standard InChI is InChI=1S/C24H28N4O3S/c29-22(25-10-4-11-27-13-15-31-16-14-27)19-7-8-20-21(17-19)26-24(32)28(23(20)30)12-9-18-5-2-1-3-6-18/h1-3,5-8,17H,4,9-16H2,(H,25,29)(H,26,32). The third-order valence-electron chi connectivity index (χ3n) is 5.75. The molecule has 1 aliphatic rings. The minimum absolute atomic E-state index is 0.142. The van der Waals surface area contributed by atoms with Gasteiger partial charge in [-0.05, 0) is 55.4 Å². The van der Waals surface area contributed by atoms with E-state index < -0.39 is 0 Å². The molecule has 1 amide bonds. The second-order valence-electron chi connectivity index (χ2n) is 7.95. The van der Waals surface area contributed by atoms with Crippen molar-refractivity contribution in [1.82, 2.24) is 19.8 Å². The zero-order valence-electron chi connectivity index (χ0n) is 18.0. The van der Waals surface area contributed by atoms with Crippen LogP contribution < -0.4 is 10.9 Å². The number of hydrogen-bond acceptors (Lipinski definition) is 5. The van der Waals surface area contributed by atoms with E-state index in [0.717, 1.165) is 44.8 Å². The van der Waals surface area contributed by atoms with Crippen LogP contribution >= 0.6 is 12.2 Å². The van der Waals surface area contributed by atoms with Crippen molar-refractivity contribution >= 4 is 29.0 Å². The van der Waals surface area contributed by atoms with Crippen LogP contribution in [0.15, 0.2) is 53.3 Å². The van der Waals surface area contributed by atoms with Crippen molar-refractivity contribution in [3.8, 4) is 0 Å². The first-order valence-electron chi connectivity index (χ1n) is 11.0. The Morgan fingerprint density at radius 2 is 1.88 bits per heavy atom. The van der Waals surface area contributed by atoms with Crippen LogP contribution in [0.5, 0.6) is 0 Å². The summed E-state index contributed by atoms with van der Waals surface area (Å²) in [5, 5.41) is 3.49. The van der Waals surface area contributed by atoms with Gasteiger partial charge in [0.25, 0.3) is 11.5 Å². The maximum Gasteiger partial charge on any atom is 0.262 e. The van der Waals surface area contributed by atoms with Crippen molar-refractivity contribution in [3.05, 3.63) is 74.8 Å². The molecule has 0 atom stereocenters. The van der Waals surface area contributed by atoms with Crippen LogP contribution in [0.3, 0.4) is 0 Å². The molecular formula is C24H28N4O3S. The van der Waals surface area contributed by atoms with Crippen LogP contribution in [0.1, 0.15) is 22.3 Å². The summed E-state index contributed by atoms with van der Waals surface area (Å²) >= 11 is 5.43. The molecule has 1 saturated heterocycles. The monoisotopic (exact) mass is 452 g/mol. The Morgan fingerprint density at radius 1 is 1.09 bits per heavy atom. The van der Waals surface area contributed by atoms with Crippen LogP contribution in [0, 0.1) is 4.77 Å². The number of aryl methyl sites for hydroxylation is 1. The second-order valence-corrected chi connectivity index (χ2v) is 8.33. The molecule has 32 heavy (non-hydrogen) atoms. The van der Waals surface area contributed by atoms with Crippen LogP contribution in [0.25, 0.3) is 10.9 Å². The summed E-state index contributed by atoms with van der Waals surface area (Å²) in [5.41, 5.74) is 2.10. The van der Waals surface area contributed by atoms with E-state index >= 15 is 0 Å². The summed E-state index contributed by atoms with van der Waals surface area (Å²) in [5.74, 6) is -0.151. The van der Waals surface area contributed by atoms with Gasteiger partial charge in [0, 0.05) is 31.7 Å². The van der Waals surface area contributed by atoms with Crippen molar-refractivity contribution in [2.75, 3.05) is 39.4 Å². The summed E-state index contributed by atoms with van der Waals surface area (Å²) in [6.45, 7) is 5.49. The molecule has 8 heteroatoms. The molecule has 1 fully saturated rings. The molecule has 3 aromatic rings. The molecule has 2 heterocycles. The molecule has 0 saturated carbocycles. The number of aromatic amines is 1. The average molecular weight is 453 g/mol. The van der Waals surface area contributed by atoms with Gasteiger partial charge in [-0.1, -0.05) is 30.3 Å². The maximum absolute atomic E-state index is 13.0. The van der Waals surface area contributed by atoms with E-state index in [-0.39, 0.29) is 11.5 Å². The summed E-state index contributed by atoms with van der Waals surface area (Å²) in [6.07, 6.45) is 1.60. The third-order valence-corrected chi connectivity index (χ3v) is 6.07. The molecule has 2 aromatic carbocycles. The highest BCUT2D eigenvalue weighted by Crippen LogP contribution is 2.12. The van der Waals surface area contributed by atoms with Gasteiger partial charge in [-0.15, -0.1) is 0 Å². The molecule has 1 aromatic heterocycles. The number of nitrogens with one attached hydrogen (secondary N) is 2. The number of H-pyrrole nitrogens is 1. The molecule has 0 aliphatic carbocycles. The highest BCUT2D eigenvalue weighted by molar-refractivity contribution is 7.71. The molecule has 4 rings (SSSR count). The quantitative estimate of drug-likeness (QED) is 0.406. The Hall–Kier alpha value is -2.81. The molecule has 0 unspecified atom stereocenters. The lowest BCUT2D eigenvalue weighted by Gasteiger charge is -2.26. The average Bonchev–Trinajstić information content (AvgIpc) is 2.82. The zero-order valence-corrected chi connectivity index (χ0v) is 18.8. The lowest BCUT2D eigenvalue weighted by molar-refractivity contribution is 0.0374. The number of rotatable bonds is 8. The van der Waals surface area contributed by atoms with Gasteiger partial charge < -0.3 is 15.0 Å². The summed E-state index contributed by atoms with van der Waals surface area (Å²) in [7, 11) is 0. The molecular weight excluding hydrogens is 424 g/mol.